The number of benzene rings is 2. The highest BCUT2D eigenvalue weighted by atomic mass is 19.1. The Morgan fingerprint density at radius 2 is 1.74 bits per heavy atom. The first-order valence-corrected chi connectivity index (χ1v) is 12.4. The summed E-state index contributed by atoms with van der Waals surface area (Å²) in [5, 5.41) is 2.90. The number of nitrogens with one attached hydrogen (secondary N) is 1. The monoisotopic (exact) mass is 537 g/mol. The molecule has 2 aromatic carbocycles. The smallest absolute Gasteiger partial charge is 0.306 e. The first-order chi connectivity index (χ1) is 18.9. The number of nitrogens with zero attached hydrogens (tertiary/aromatic N) is 2. The Morgan fingerprint density at radius 3 is 2.46 bits per heavy atom. The fourth-order valence-corrected chi connectivity index (χ4v) is 4.12. The van der Waals surface area contributed by atoms with Crippen molar-refractivity contribution in [3.05, 3.63) is 101 Å². The Kier molecular flexibility index (Phi) is 9.22. The fourth-order valence-electron chi connectivity index (χ4n) is 4.12. The standard InChI is InChI=1S/C29H29F2N3O5/c1-19-27(29(36)33-21(17-37-2)13-14-26(35)39-16-20-8-4-3-5-9-20)34-15-7-12-25(28(34)32-19)38-18-22-23(30)10-6-11-24(22)31/h3-12,15,21H,13-14,16-18H2,1-2H3,(H,33,36). The third-order valence-electron chi connectivity index (χ3n) is 6.08. The summed E-state index contributed by atoms with van der Waals surface area (Å²) in [7, 11) is 1.51. The molecular formula is C29H29F2N3O5. The van der Waals surface area contributed by atoms with Crippen molar-refractivity contribution in [2.24, 2.45) is 0 Å². The lowest BCUT2D eigenvalue weighted by atomic mass is 10.1. The van der Waals surface area contributed by atoms with Crippen LogP contribution in [0.15, 0.2) is 66.9 Å². The zero-order valence-corrected chi connectivity index (χ0v) is 21.7. The van der Waals surface area contributed by atoms with Gasteiger partial charge in [-0.2, -0.15) is 0 Å². The maximum Gasteiger partial charge on any atom is 0.306 e. The third-order valence-corrected chi connectivity index (χ3v) is 6.08. The molecule has 0 fully saturated rings. The summed E-state index contributed by atoms with van der Waals surface area (Å²) in [6, 6.07) is 15.7. The van der Waals surface area contributed by atoms with Gasteiger partial charge in [0.15, 0.2) is 11.4 Å². The number of aromatic nitrogens is 2. The molecule has 0 radical (unpaired) electrons. The summed E-state index contributed by atoms with van der Waals surface area (Å²) in [6.07, 6.45) is 2.05. The number of carbonyl (C=O) groups excluding carboxylic acids is 2. The van der Waals surface area contributed by atoms with Crippen LogP contribution in [0.3, 0.4) is 0 Å². The second kappa shape index (κ2) is 13.0. The number of carbonyl (C=O) groups is 2. The number of ether oxygens (including phenoxy) is 3. The largest absolute Gasteiger partial charge is 0.485 e. The normalized spacial score (nSPS) is 11.8. The molecule has 4 rings (SSSR count). The number of hydrogen-bond acceptors (Lipinski definition) is 6. The number of rotatable bonds is 12. The minimum Gasteiger partial charge on any atom is -0.485 e. The minimum atomic E-state index is -0.713. The van der Waals surface area contributed by atoms with Crippen LogP contribution in [-0.2, 0) is 27.5 Å². The van der Waals surface area contributed by atoms with Gasteiger partial charge in [-0.15, -0.1) is 0 Å². The van der Waals surface area contributed by atoms with Crippen LogP contribution in [0.25, 0.3) is 5.65 Å². The van der Waals surface area contributed by atoms with E-state index in [9.17, 15) is 18.4 Å². The zero-order chi connectivity index (χ0) is 27.8. The van der Waals surface area contributed by atoms with E-state index in [2.05, 4.69) is 10.3 Å². The van der Waals surface area contributed by atoms with E-state index in [4.69, 9.17) is 14.2 Å². The molecule has 10 heteroatoms. The molecule has 0 saturated heterocycles. The van der Waals surface area contributed by atoms with Crippen LogP contribution in [0.1, 0.15) is 40.2 Å². The minimum absolute atomic E-state index is 0.0951. The van der Waals surface area contributed by atoms with E-state index < -0.39 is 23.6 Å². The molecular weight excluding hydrogens is 508 g/mol. The van der Waals surface area contributed by atoms with Crippen molar-refractivity contribution in [2.75, 3.05) is 13.7 Å². The van der Waals surface area contributed by atoms with Crippen molar-refractivity contribution in [2.45, 2.75) is 39.0 Å². The Hall–Kier alpha value is -4.31. The first kappa shape index (κ1) is 27.7. The molecule has 0 spiro atoms. The van der Waals surface area contributed by atoms with Crippen molar-refractivity contribution in [3.63, 3.8) is 0 Å². The van der Waals surface area contributed by atoms with Crippen LogP contribution in [0, 0.1) is 18.6 Å². The highest BCUT2D eigenvalue weighted by molar-refractivity contribution is 5.95. The number of hydrogen-bond donors (Lipinski definition) is 1. The van der Waals surface area contributed by atoms with E-state index in [1.54, 1.807) is 29.7 Å². The van der Waals surface area contributed by atoms with Gasteiger partial charge in [-0.05, 0) is 43.2 Å². The highest BCUT2D eigenvalue weighted by Gasteiger charge is 2.22. The van der Waals surface area contributed by atoms with Gasteiger partial charge in [-0.25, -0.2) is 13.8 Å². The van der Waals surface area contributed by atoms with Gasteiger partial charge in [-0.3, -0.25) is 14.0 Å². The number of methoxy groups -OCH3 is 1. The number of amides is 1. The van der Waals surface area contributed by atoms with E-state index in [1.165, 1.54) is 13.2 Å². The van der Waals surface area contributed by atoms with E-state index in [1.807, 2.05) is 30.3 Å². The number of halogens is 2. The van der Waals surface area contributed by atoms with Gasteiger partial charge < -0.3 is 19.5 Å². The van der Waals surface area contributed by atoms with E-state index in [0.717, 1.165) is 17.7 Å². The number of aryl methyl sites for hydroxylation is 1. The summed E-state index contributed by atoms with van der Waals surface area (Å²) in [5.74, 6) is -1.97. The second-order valence-electron chi connectivity index (χ2n) is 8.91. The molecule has 0 saturated carbocycles. The quantitative estimate of drug-likeness (QED) is 0.262. The molecule has 0 aliphatic heterocycles. The van der Waals surface area contributed by atoms with Gasteiger partial charge >= 0.3 is 5.97 Å². The molecule has 4 aromatic rings. The number of esters is 1. The van der Waals surface area contributed by atoms with Gasteiger partial charge in [-0.1, -0.05) is 36.4 Å². The molecule has 39 heavy (non-hydrogen) atoms. The first-order valence-electron chi connectivity index (χ1n) is 12.4. The van der Waals surface area contributed by atoms with Crippen molar-refractivity contribution >= 4 is 17.5 Å². The number of imidazole rings is 1. The van der Waals surface area contributed by atoms with Crippen LogP contribution in [0.5, 0.6) is 5.75 Å². The van der Waals surface area contributed by atoms with E-state index >= 15 is 0 Å². The Labute approximate surface area is 224 Å². The SMILES string of the molecule is COCC(CCC(=O)OCc1ccccc1)NC(=O)c1c(C)nc2c(OCc3c(F)cccc3F)cccn12. The lowest BCUT2D eigenvalue weighted by Gasteiger charge is -2.18. The van der Waals surface area contributed by atoms with Gasteiger partial charge in [0.25, 0.3) is 5.91 Å². The molecule has 1 unspecified atom stereocenters. The van der Waals surface area contributed by atoms with Crippen LogP contribution in [0.2, 0.25) is 0 Å². The summed E-state index contributed by atoms with van der Waals surface area (Å²) in [6.45, 7) is 1.70. The Morgan fingerprint density at radius 1 is 1.00 bits per heavy atom. The summed E-state index contributed by atoms with van der Waals surface area (Å²) >= 11 is 0. The Bertz CT molecular complexity index is 1420. The van der Waals surface area contributed by atoms with Crippen molar-refractivity contribution in [3.8, 4) is 5.75 Å². The predicted molar refractivity (Wildman–Crippen MR) is 139 cm³/mol. The van der Waals surface area contributed by atoms with Crippen LogP contribution < -0.4 is 10.1 Å². The molecule has 0 aliphatic carbocycles. The summed E-state index contributed by atoms with van der Waals surface area (Å²) < 4.78 is 45.9. The summed E-state index contributed by atoms with van der Waals surface area (Å²) in [4.78, 5) is 30.0. The topological polar surface area (TPSA) is 91.2 Å². The van der Waals surface area contributed by atoms with Gasteiger partial charge in [0.2, 0.25) is 0 Å². The lowest BCUT2D eigenvalue weighted by Crippen LogP contribution is -2.39. The zero-order valence-electron chi connectivity index (χ0n) is 21.7. The predicted octanol–water partition coefficient (Wildman–Crippen LogP) is 4.77. The fraction of sp³-hybridized carbons (Fsp3) is 0.276. The molecule has 2 heterocycles. The van der Waals surface area contributed by atoms with Crippen LogP contribution in [0.4, 0.5) is 8.78 Å². The van der Waals surface area contributed by atoms with Crippen LogP contribution in [-0.4, -0.2) is 41.0 Å². The molecule has 204 valence electrons. The third kappa shape index (κ3) is 6.97. The van der Waals surface area contributed by atoms with Gasteiger partial charge in [0, 0.05) is 19.7 Å². The average molecular weight is 538 g/mol. The maximum absolute atomic E-state index is 14.0. The average Bonchev–Trinajstić information content (AvgIpc) is 3.27. The molecule has 1 amide bonds. The van der Waals surface area contributed by atoms with Gasteiger partial charge in [0.05, 0.1) is 23.9 Å². The summed E-state index contributed by atoms with van der Waals surface area (Å²) in [5.41, 5.74) is 1.70. The number of pyridine rings is 1. The second-order valence-corrected chi connectivity index (χ2v) is 8.91. The molecule has 8 nitrogen and oxygen atoms in total. The van der Waals surface area contributed by atoms with Crippen molar-refractivity contribution < 1.29 is 32.6 Å². The van der Waals surface area contributed by atoms with Crippen molar-refractivity contribution in [1.29, 1.82) is 0 Å². The molecule has 1 N–H and O–H groups in total. The molecule has 0 aliphatic rings. The molecule has 0 bridgehead atoms. The van der Waals surface area contributed by atoms with Crippen molar-refractivity contribution in [1.82, 2.24) is 14.7 Å². The maximum atomic E-state index is 14.0. The lowest BCUT2D eigenvalue weighted by molar-refractivity contribution is -0.145. The number of fused-ring (bicyclic) bond motifs is 1. The molecule has 2 aromatic heterocycles. The highest BCUT2D eigenvalue weighted by Crippen LogP contribution is 2.24. The van der Waals surface area contributed by atoms with Gasteiger partial charge in [0.1, 0.15) is 30.5 Å². The van der Waals surface area contributed by atoms with E-state index in [0.29, 0.717) is 17.8 Å². The van der Waals surface area contributed by atoms with E-state index in [-0.39, 0.29) is 49.2 Å². The Balaban J connectivity index is 1.42. The molecule has 1 atom stereocenters. The van der Waals surface area contributed by atoms with Crippen LogP contribution >= 0.6 is 0 Å².